The smallest absolute Gasteiger partial charge is 0.408 e. The van der Waals surface area contributed by atoms with Crippen molar-refractivity contribution in [1.82, 2.24) is 10.2 Å². The van der Waals surface area contributed by atoms with E-state index in [0.717, 1.165) is 32.8 Å². The zero-order chi connectivity index (χ0) is 13.8. The molecule has 18 heavy (non-hydrogen) atoms. The van der Waals surface area contributed by atoms with Crippen LogP contribution in [0, 0.1) is 0 Å². The van der Waals surface area contributed by atoms with Gasteiger partial charge in [0.2, 0.25) is 0 Å². The summed E-state index contributed by atoms with van der Waals surface area (Å²) in [6, 6.07) is 0. The van der Waals surface area contributed by atoms with E-state index in [4.69, 9.17) is 9.47 Å². The van der Waals surface area contributed by atoms with E-state index < -0.39 is 5.60 Å². The first kappa shape index (κ1) is 15.2. The Morgan fingerprint density at radius 1 is 1.22 bits per heavy atom. The third kappa shape index (κ3) is 6.21. The van der Waals surface area contributed by atoms with Gasteiger partial charge in [0.15, 0.2) is 0 Å². The molecule has 1 aliphatic heterocycles. The summed E-state index contributed by atoms with van der Waals surface area (Å²) < 4.78 is 10.6. The lowest BCUT2D eigenvalue weighted by Gasteiger charge is -2.35. The first-order valence-corrected chi connectivity index (χ1v) is 6.49. The van der Waals surface area contributed by atoms with Crippen molar-refractivity contribution in [2.45, 2.75) is 45.8 Å². The predicted molar refractivity (Wildman–Crippen MR) is 70.7 cm³/mol. The molecule has 106 valence electrons. The minimum absolute atomic E-state index is 0.306. The number of nitrogens with zero attached hydrogens (tertiary/aromatic N) is 1. The fourth-order valence-corrected chi connectivity index (χ4v) is 1.94. The van der Waals surface area contributed by atoms with Gasteiger partial charge in [-0.3, -0.25) is 4.90 Å². The Labute approximate surface area is 110 Å². The number of ether oxygens (including phenoxy) is 2. The number of carbonyl (C=O) groups is 1. The molecule has 5 heteroatoms. The number of nitrogens with one attached hydrogen (secondary N) is 1. The number of carbonyl (C=O) groups excluding carboxylic acids is 1. The highest BCUT2D eigenvalue weighted by Gasteiger charge is 2.27. The Hall–Kier alpha value is -0.810. The maximum Gasteiger partial charge on any atom is 0.408 e. The van der Waals surface area contributed by atoms with Crippen LogP contribution in [0.1, 0.15) is 34.6 Å². The van der Waals surface area contributed by atoms with Crippen LogP contribution < -0.4 is 5.32 Å². The van der Waals surface area contributed by atoms with Gasteiger partial charge in [0.25, 0.3) is 0 Å². The third-order valence-electron chi connectivity index (χ3n) is 2.56. The molecule has 5 nitrogen and oxygen atoms in total. The molecule has 1 rings (SSSR count). The maximum atomic E-state index is 11.7. The normalized spacial score (nSPS) is 18.5. The summed E-state index contributed by atoms with van der Waals surface area (Å²) in [6.07, 6.45) is -0.360. The van der Waals surface area contributed by atoms with Crippen LogP contribution in [0.4, 0.5) is 4.79 Å². The molecule has 1 amide bonds. The van der Waals surface area contributed by atoms with Gasteiger partial charge in [0.05, 0.1) is 18.8 Å². The van der Waals surface area contributed by atoms with Gasteiger partial charge in [-0.1, -0.05) is 0 Å². The molecule has 0 bridgehead atoms. The first-order chi connectivity index (χ1) is 8.18. The molecule has 0 spiro atoms. The van der Waals surface area contributed by atoms with E-state index in [0.29, 0.717) is 0 Å². The molecule has 0 aromatic rings. The summed E-state index contributed by atoms with van der Waals surface area (Å²) in [5.41, 5.74) is -0.765. The Kier molecular flexibility index (Phi) is 4.99. The molecule has 0 atom stereocenters. The van der Waals surface area contributed by atoms with E-state index >= 15 is 0 Å². The molecule has 1 fully saturated rings. The number of alkyl carbamates (subject to hydrolysis) is 1. The summed E-state index contributed by atoms with van der Waals surface area (Å²) in [5, 5.41) is 2.92. The molecule has 0 unspecified atom stereocenters. The van der Waals surface area contributed by atoms with E-state index in [1.165, 1.54) is 0 Å². The quantitative estimate of drug-likeness (QED) is 0.836. The topological polar surface area (TPSA) is 50.8 Å². The Morgan fingerprint density at radius 3 is 2.28 bits per heavy atom. The Balaban J connectivity index is 2.40. The number of hydrogen-bond donors (Lipinski definition) is 1. The Morgan fingerprint density at radius 2 is 1.78 bits per heavy atom. The average Bonchev–Trinajstić information content (AvgIpc) is 2.13. The average molecular weight is 258 g/mol. The van der Waals surface area contributed by atoms with Gasteiger partial charge in [0.1, 0.15) is 5.60 Å². The zero-order valence-electron chi connectivity index (χ0n) is 12.2. The van der Waals surface area contributed by atoms with Crippen molar-refractivity contribution in [3.05, 3.63) is 0 Å². The summed E-state index contributed by atoms with van der Waals surface area (Å²) in [4.78, 5) is 14.0. The number of amides is 1. The molecule has 1 N–H and O–H groups in total. The lowest BCUT2D eigenvalue weighted by atomic mass is 10.1. The summed E-state index contributed by atoms with van der Waals surface area (Å²) in [7, 11) is 0. The van der Waals surface area contributed by atoms with Crippen LogP contribution in [0.25, 0.3) is 0 Å². The molecule has 0 aromatic heterocycles. The Bertz CT molecular complexity index is 278. The molecular formula is C13H26N2O3. The molecule has 1 saturated heterocycles. The predicted octanol–water partition coefficient (Wildman–Crippen LogP) is 1.62. The zero-order valence-corrected chi connectivity index (χ0v) is 12.2. The largest absolute Gasteiger partial charge is 0.444 e. The highest BCUT2D eigenvalue weighted by Crippen LogP contribution is 2.11. The highest BCUT2D eigenvalue weighted by molar-refractivity contribution is 5.68. The molecular weight excluding hydrogens is 232 g/mol. The van der Waals surface area contributed by atoms with Gasteiger partial charge in [0, 0.05) is 19.6 Å². The van der Waals surface area contributed by atoms with Crippen molar-refractivity contribution in [2.75, 3.05) is 32.8 Å². The first-order valence-electron chi connectivity index (χ1n) is 6.49. The minimum Gasteiger partial charge on any atom is -0.444 e. The van der Waals surface area contributed by atoms with Gasteiger partial charge >= 0.3 is 6.09 Å². The molecule has 1 heterocycles. The monoisotopic (exact) mass is 258 g/mol. The summed E-state index contributed by atoms with van der Waals surface area (Å²) in [5.74, 6) is 0. The highest BCUT2D eigenvalue weighted by atomic mass is 16.6. The van der Waals surface area contributed by atoms with Crippen LogP contribution in [0.5, 0.6) is 0 Å². The van der Waals surface area contributed by atoms with Crippen LogP contribution >= 0.6 is 0 Å². The van der Waals surface area contributed by atoms with Crippen molar-refractivity contribution < 1.29 is 14.3 Å². The van der Waals surface area contributed by atoms with Gasteiger partial charge < -0.3 is 14.8 Å². The van der Waals surface area contributed by atoms with E-state index in [2.05, 4.69) is 10.2 Å². The molecule has 1 aliphatic rings. The van der Waals surface area contributed by atoms with Gasteiger partial charge in [-0.2, -0.15) is 0 Å². The maximum absolute atomic E-state index is 11.7. The van der Waals surface area contributed by atoms with Crippen molar-refractivity contribution in [3.8, 4) is 0 Å². The van der Waals surface area contributed by atoms with Crippen LogP contribution in [0.15, 0.2) is 0 Å². The summed E-state index contributed by atoms with van der Waals surface area (Å²) >= 11 is 0. The number of hydrogen-bond acceptors (Lipinski definition) is 4. The number of rotatable bonds is 3. The standard InChI is InChI=1S/C13H26N2O3/c1-12(2,3)18-11(16)14-13(4,5)10-15-6-8-17-9-7-15/h6-10H2,1-5H3,(H,14,16). The second-order valence-electron chi connectivity index (χ2n) is 6.40. The fraction of sp³-hybridized carbons (Fsp3) is 0.923. The van der Waals surface area contributed by atoms with Crippen molar-refractivity contribution in [1.29, 1.82) is 0 Å². The van der Waals surface area contributed by atoms with E-state index in [9.17, 15) is 4.79 Å². The molecule has 0 radical (unpaired) electrons. The van der Waals surface area contributed by atoms with Gasteiger partial charge in [-0.05, 0) is 34.6 Å². The van der Waals surface area contributed by atoms with E-state index in [-0.39, 0.29) is 11.6 Å². The van der Waals surface area contributed by atoms with Crippen LogP contribution in [0.2, 0.25) is 0 Å². The van der Waals surface area contributed by atoms with Crippen LogP contribution in [-0.2, 0) is 9.47 Å². The molecule has 0 aromatic carbocycles. The van der Waals surface area contributed by atoms with E-state index in [1.54, 1.807) is 0 Å². The summed E-state index contributed by atoms with van der Waals surface area (Å²) in [6.45, 7) is 13.8. The second kappa shape index (κ2) is 5.89. The minimum atomic E-state index is -0.459. The molecule has 0 saturated carbocycles. The lowest BCUT2D eigenvalue weighted by molar-refractivity contribution is 0.0210. The fourth-order valence-electron chi connectivity index (χ4n) is 1.94. The SMILES string of the molecule is CC(C)(CN1CCOCC1)NC(=O)OC(C)(C)C. The van der Waals surface area contributed by atoms with Gasteiger partial charge in [-0.25, -0.2) is 4.79 Å². The molecule has 0 aliphatic carbocycles. The second-order valence-corrected chi connectivity index (χ2v) is 6.40. The van der Waals surface area contributed by atoms with Crippen molar-refractivity contribution in [2.24, 2.45) is 0 Å². The lowest BCUT2D eigenvalue weighted by Crippen LogP contribution is -2.54. The van der Waals surface area contributed by atoms with E-state index in [1.807, 2.05) is 34.6 Å². The van der Waals surface area contributed by atoms with Crippen LogP contribution in [0.3, 0.4) is 0 Å². The third-order valence-corrected chi connectivity index (χ3v) is 2.56. The van der Waals surface area contributed by atoms with Crippen LogP contribution in [-0.4, -0.2) is 55.0 Å². The van der Waals surface area contributed by atoms with Crippen molar-refractivity contribution >= 4 is 6.09 Å². The number of morpholine rings is 1. The van der Waals surface area contributed by atoms with Gasteiger partial charge in [-0.15, -0.1) is 0 Å². The van der Waals surface area contributed by atoms with Crippen molar-refractivity contribution in [3.63, 3.8) is 0 Å².